The number of rotatable bonds is 7. The number of alkyl halides is 3. The molecule has 0 saturated heterocycles. The van der Waals surface area contributed by atoms with Gasteiger partial charge in [0.05, 0.1) is 23.7 Å². The van der Waals surface area contributed by atoms with Crippen LogP contribution < -0.4 is 5.32 Å². The second-order valence-corrected chi connectivity index (χ2v) is 6.30. The fourth-order valence-electron chi connectivity index (χ4n) is 1.96. The van der Waals surface area contributed by atoms with Crippen LogP contribution in [0.25, 0.3) is 0 Å². The number of aryl methyl sites for hydroxylation is 1. The van der Waals surface area contributed by atoms with Gasteiger partial charge in [0.2, 0.25) is 5.91 Å². The van der Waals surface area contributed by atoms with E-state index in [1.54, 1.807) is 24.3 Å². The van der Waals surface area contributed by atoms with Crippen LogP contribution in [0.15, 0.2) is 29.6 Å². The summed E-state index contributed by atoms with van der Waals surface area (Å²) in [7, 11) is 0. The predicted octanol–water partition coefficient (Wildman–Crippen LogP) is 3.39. The maximum Gasteiger partial charge on any atom is 0.411 e. The molecule has 0 saturated carbocycles. The van der Waals surface area contributed by atoms with Crippen LogP contribution in [0.3, 0.4) is 0 Å². The van der Waals surface area contributed by atoms with Crippen molar-refractivity contribution in [1.29, 1.82) is 0 Å². The van der Waals surface area contributed by atoms with Crippen molar-refractivity contribution in [1.82, 2.24) is 10.3 Å². The quantitative estimate of drug-likeness (QED) is 0.825. The van der Waals surface area contributed by atoms with E-state index < -0.39 is 12.8 Å². The second-order valence-electron chi connectivity index (χ2n) is 5.24. The molecule has 1 aromatic heterocycles. The summed E-state index contributed by atoms with van der Waals surface area (Å²) in [5.74, 6) is -0.127. The fourth-order valence-corrected chi connectivity index (χ4v) is 2.57. The first-order valence-electron chi connectivity index (χ1n) is 7.22. The third kappa shape index (κ3) is 6.67. The largest absolute Gasteiger partial charge is 0.411 e. The van der Waals surface area contributed by atoms with E-state index in [1.807, 2.05) is 12.3 Å². The zero-order valence-corrected chi connectivity index (χ0v) is 13.8. The van der Waals surface area contributed by atoms with Crippen LogP contribution in [-0.2, 0) is 29.1 Å². The molecule has 0 radical (unpaired) electrons. The van der Waals surface area contributed by atoms with Crippen molar-refractivity contribution in [2.75, 3.05) is 6.61 Å². The second kappa shape index (κ2) is 8.25. The number of aromatic nitrogens is 1. The van der Waals surface area contributed by atoms with Gasteiger partial charge in [-0.2, -0.15) is 13.2 Å². The number of carbonyl (C=O) groups is 1. The molecule has 0 atom stereocenters. The van der Waals surface area contributed by atoms with Gasteiger partial charge in [-0.25, -0.2) is 4.98 Å². The summed E-state index contributed by atoms with van der Waals surface area (Å²) in [5.41, 5.74) is 2.25. The van der Waals surface area contributed by atoms with Gasteiger partial charge < -0.3 is 10.1 Å². The van der Waals surface area contributed by atoms with E-state index in [1.165, 1.54) is 11.3 Å². The lowest BCUT2D eigenvalue weighted by Crippen LogP contribution is -2.24. The number of benzene rings is 1. The number of halogens is 3. The zero-order valence-electron chi connectivity index (χ0n) is 13.0. The van der Waals surface area contributed by atoms with Gasteiger partial charge >= 0.3 is 6.18 Å². The molecule has 24 heavy (non-hydrogen) atoms. The van der Waals surface area contributed by atoms with Gasteiger partial charge in [0.25, 0.3) is 0 Å². The van der Waals surface area contributed by atoms with Crippen molar-refractivity contribution in [2.45, 2.75) is 32.7 Å². The van der Waals surface area contributed by atoms with E-state index in [2.05, 4.69) is 15.0 Å². The molecule has 8 heteroatoms. The number of hydrogen-bond acceptors (Lipinski definition) is 4. The van der Waals surface area contributed by atoms with Crippen molar-refractivity contribution in [3.63, 3.8) is 0 Å². The first-order valence-corrected chi connectivity index (χ1v) is 8.10. The van der Waals surface area contributed by atoms with E-state index in [9.17, 15) is 18.0 Å². The smallest absolute Gasteiger partial charge is 0.367 e. The molecule has 0 aliphatic carbocycles. The van der Waals surface area contributed by atoms with Crippen LogP contribution in [0.4, 0.5) is 13.2 Å². The van der Waals surface area contributed by atoms with Crippen molar-refractivity contribution < 1.29 is 22.7 Å². The molecule has 0 aliphatic heterocycles. The Morgan fingerprint density at radius 1 is 1.25 bits per heavy atom. The monoisotopic (exact) mass is 358 g/mol. The summed E-state index contributed by atoms with van der Waals surface area (Å²) in [5, 5.41) is 5.55. The molecule has 0 unspecified atom stereocenters. The van der Waals surface area contributed by atoms with E-state index in [-0.39, 0.29) is 18.9 Å². The molecule has 4 nitrogen and oxygen atoms in total. The summed E-state index contributed by atoms with van der Waals surface area (Å²) >= 11 is 1.50. The molecule has 1 N–H and O–H groups in total. The number of ether oxygens (including phenoxy) is 1. The molecular formula is C16H17F3N2O2S. The Kier molecular flexibility index (Phi) is 6.33. The van der Waals surface area contributed by atoms with Crippen LogP contribution in [0.2, 0.25) is 0 Å². The van der Waals surface area contributed by atoms with E-state index in [0.29, 0.717) is 12.1 Å². The predicted molar refractivity (Wildman–Crippen MR) is 84.6 cm³/mol. The molecule has 0 aliphatic rings. The van der Waals surface area contributed by atoms with E-state index >= 15 is 0 Å². The van der Waals surface area contributed by atoms with Crippen molar-refractivity contribution in [3.8, 4) is 0 Å². The topological polar surface area (TPSA) is 51.2 Å². The van der Waals surface area contributed by atoms with Crippen LogP contribution in [0.1, 0.15) is 21.8 Å². The standard InChI is InChI=1S/C16H17F3N2O2S/c1-11-21-14(9-24-11)6-15(22)20-7-12-2-4-13(5-3-12)8-23-10-16(17,18)19/h2-5,9H,6-8,10H2,1H3,(H,20,22). The Morgan fingerprint density at radius 3 is 2.50 bits per heavy atom. The van der Waals surface area contributed by atoms with Gasteiger partial charge in [0.15, 0.2) is 0 Å². The Labute approximate surface area is 141 Å². The highest BCUT2D eigenvalue weighted by atomic mass is 32.1. The Bertz CT molecular complexity index is 669. The van der Waals surface area contributed by atoms with Gasteiger partial charge in [0, 0.05) is 11.9 Å². The Balaban J connectivity index is 1.74. The lowest BCUT2D eigenvalue weighted by atomic mass is 10.1. The Morgan fingerprint density at radius 2 is 1.92 bits per heavy atom. The normalized spacial score (nSPS) is 11.5. The SMILES string of the molecule is Cc1nc(CC(=O)NCc2ccc(COCC(F)(F)F)cc2)cs1. The number of nitrogens with zero attached hydrogens (tertiary/aromatic N) is 1. The van der Waals surface area contributed by atoms with Crippen LogP contribution in [0, 0.1) is 6.92 Å². The molecule has 0 bridgehead atoms. The minimum atomic E-state index is -4.32. The van der Waals surface area contributed by atoms with Gasteiger partial charge in [-0.3, -0.25) is 4.79 Å². The summed E-state index contributed by atoms with van der Waals surface area (Å²) in [4.78, 5) is 16.1. The fraction of sp³-hybridized carbons (Fsp3) is 0.375. The van der Waals surface area contributed by atoms with Gasteiger partial charge in [-0.15, -0.1) is 11.3 Å². The maximum atomic E-state index is 12.0. The number of carbonyl (C=O) groups excluding carboxylic acids is 1. The summed E-state index contributed by atoms with van der Waals surface area (Å²) < 4.78 is 40.6. The molecule has 1 amide bonds. The highest BCUT2D eigenvalue weighted by Gasteiger charge is 2.27. The van der Waals surface area contributed by atoms with E-state index in [0.717, 1.165) is 16.3 Å². The van der Waals surface area contributed by atoms with Crippen molar-refractivity contribution >= 4 is 17.2 Å². The van der Waals surface area contributed by atoms with Crippen molar-refractivity contribution in [3.05, 3.63) is 51.5 Å². The molecule has 130 valence electrons. The molecule has 2 aromatic rings. The average molecular weight is 358 g/mol. The lowest BCUT2D eigenvalue weighted by Gasteiger charge is -2.08. The highest BCUT2D eigenvalue weighted by molar-refractivity contribution is 7.09. The summed E-state index contributed by atoms with van der Waals surface area (Å²) in [6.45, 7) is 0.869. The first kappa shape index (κ1) is 18.4. The average Bonchev–Trinajstić information content (AvgIpc) is 2.90. The number of thiazole rings is 1. The summed E-state index contributed by atoms with van der Waals surface area (Å²) in [6.07, 6.45) is -4.09. The third-order valence-electron chi connectivity index (χ3n) is 3.06. The first-order chi connectivity index (χ1) is 11.3. The number of nitrogens with one attached hydrogen (secondary N) is 1. The molecule has 0 fully saturated rings. The van der Waals surface area contributed by atoms with Gasteiger partial charge in [-0.1, -0.05) is 24.3 Å². The maximum absolute atomic E-state index is 12.0. The van der Waals surface area contributed by atoms with Crippen LogP contribution in [0.5, 0.6) is 0 Å². The molecule has 0 spiro atoms. The minimum Gasteiger partial charge on any atom is -0.367 e. The number of hydrogen-bond donors (Lipinski definition) is 1. The molecule has 1 aromatic carbocycles. The van der Waals surface area contributed by atoms with Gasteiger partial charge in [-0.05, 0) is 18.1 Å². The van der Waals surface area contributed by atoms with Crippen LogP contribution in [-0.4, -0.2) is 23.7 Å². The minimum absolute atomic E-state index is 0.102. The van der Waals surface area contributed by atoms with Crippen LogP contribution >= 0.6 is 11.3 Å². The van der Waals surface area contributed by atoms with Crippen molar-refractivity contribution in [2.24, 2.45) is 0 Å². The zero-order chi connectivity index (χ0) is 17.6. The molecule has 2 rings (SSSR count). The summed E-state index contributed by atoms with van der Waals surface area (Å²) in [6, 6.07) is 6.86. The highest BCUT2D eigenvalue weighted by Crippen LogP contribution is 2.16. The number of amides is 1. The lowest BCUT2D eigenvalue weighted by molar-refractivity contribution is -0.176. The molecular weight excluding hydrogens is 341 g/mol. The van der Waals surface area contributed by atoms with E-state index in [4.69, 9.17) is 0 Å². The molecule has 1 heterocycles. The Hall–Kier alpha value is -1.93. The van der Waals surface area contributed by atoms with Gasteiger partial charge in [0.1, 0.15) is 6.61 Å². The third-order valence-corrected chi connectivity index (χ3v) is 3.88.